The molecule has 1 aliphatic rings. The summed E-state index contributed by atoms with van der Waals surface area (Å²) in [6, 6.07) is 0. The highest BCUT2D eigenvalue weighted by molar-refractivity contribution is 5.21. The van der Waals surface area contributed by atoms with E-state index in [0.717, 1.165) is 0 Å². The zero-order valence-electron chi connectivity index (χ0n) is 6.67. The van der Waals surface area contributed by atoms with E-state index in [9.17, 15) is 0 Å². The summed E-state index contributed by atoms with van der Waals surface area (Å²) < 4.78 is 0. The molecule has 1 rings (SSSR count). The minimum Gasteiger partial charge on any atom is -0.102 e. The Balaban J connectivity index is 2.70. The van der Waals surface area contributed by atoms with Gasteiger partial charge in [0.15, 0.2) is 0 Å². The second-order valence-corrected chi connectivity index (χ2v) is 3.35. The van der Waals surface area contributed by atoms with Gasteiger partial charge in [0.05, 0.1) is 0 Å². The first-order valence-corrected chi connectivity index (χ1v) is 3.65. The Bertz CT molecular complexity index is 166. The van der Waals surface area contributed by atoms with Crippen LogP contribution < -0.4 is 0 Å². The fourth-order valence-corrected chi connectivity index (χ4v) is 0.995. The molecule has 0 fully saturated rings. The Morgan fingerprint density at radius 1 is 1.30 bits per heavy atom. The lowest BCUT2D eigenvalue weighted by atomic mass is 9.85. The van der Waals surface area contributed by atoms with Gasteiger partial charge in [0.2, 0.25) is 0 Å². The van der Waals surface area contributed by atoms with Gasteiger partial charge in [-0.1, -0.05) is 44.2 Å². The van der Waals surface area contributed by atoms with Crippen LogP contribution in [0.4, 0.5) is 0 Å². The van der Waals surface area contributed by atoms with Crippen LogP contribution in [0.15, 0.2) is 37.0 Å². The third kappa shape index (κ3) is 1.60. The average Bonchev–Trinajstić information content (AvgIpc) is 1.88. The van der Waals surface area contributed by atoms with Crippen molar-refractivity contribution in [3.05, 3.63) is 37.0 Å². The maximum atomic E-state index is 3.73. The van der Waals surface area contributed by atoms with Crippen molar-refractivity contribution in [1.82, 2.24) is 0 Å². The zero-order chi connectivity index (χ0) is 7.61. The Morgan fingerprint density at radius 3 is 2.20 bits per heavy atom. The highest BCUT2D eigenvalue weighted by atomic mass is 14.2. The van der Waals surface area contributed by atoms with Crippen molar-refractivity contribution in [2.45, 2.75) is 13.8 Å². The molecule has 0 saturated carbocycles. The highest BCUT2D eigenvalue weighted by Crippen LogP contribution is 2.25. The Kier molecular flexibility index (Phi) is 1.80. The van der Waals surface area contributed by atoms with Gasteiger partial charge in [-0.2, -0.15) is 0 Å². The maximum absolute atomic E-state index is 3.73. The monoisotopic (exact) mass is 134 g/mol. The standard InChI is InChI=1S/C10H14/c1-4-9-5-7-10(2,3)8-6-9/h4-9H,1H2,2-3H3. The molecule has 0 spiro atoms. The topological polar surface area (TPSA) is 0 Å². The van der Waals surface area contributed by atoms with Crippen LogP contribution in [0.25, 0.3) is 0 Å². The van der Waals surface area contributed by atoms with Crippen LogP contribution >= 0.6 is 0 Å². The molecule has 0 saturated heterocycles. The minimum absolute atomic E-state index is 0.250. The maximum Gasteiger partial charge on any atom is 0.0125 e. The second kappa shape index (κ2) is 2.45. The molecule has 0 heteroatoms. The normalized spacial score (nSPS) is 23.0. The van der Waals surface area contributed by atoms with Crippen LogP contribution in [0.3, 0.4) is 0 Å². The fourth-order valence-electron chi connectivity index (χ4n) is 0.995. The van der Waals surface area contributed by atoms with E-state index in [1.807, 2.05) is 6.08 Å². The van der Waals surface area contributed by atoms with Gasteiger partial charge in [-0.15, -0.1) is 6.58 Å². The van der Waals surface area contributed by atoms with Crippen molar-refractivity contribution >= 4 is 0 Å². The molecule has 0 aromatic carbocycles. The molecular formula is C10H14. The van der Waals surface area contributed by atoms with Crippen molar-refractivity contribution < 1.29 is 0 Å². The van der Waals surface area contributed by atoms with Crippen molar-refractivity contribution in [2.75, 3.05) is 0 Å². The molecule has 10 heavy (non-hydrogen) atoms. The summed E-state index contributed by atoms with van der Waals surface area (Å²) in [5.74, 6) is 0.452. The third-order valence-corrected chi connectivity index (χ3v) is 1.77. The van der Waals surface area contributed by atoms with Crippen LogP contribution in [-0.2, 0) is 0 Å². The second-order valence-electron chi connectivity index (χ2n) is 3.35. The zero-order valence-corrected chi connectivity index (χ0v) is 6.67. The average molecular weight is 134 g/mol. The molecule has 0 heterocycles. The molecule has 0 aromatic rings. The number of rotatable bonds is 1. The van der Waals surface area contributed by atoms with Crippen LogP contribution in [-0.4, -0.2) is 0 Å². The van der Waals surface area contributed by atoms with Crippen molar-refractivity contribution in [3.8, 4) is 0 Å². The molecule has 0 unspecified atom stereocenters. The van der Waals surface area contributed by atoms with E-state index in [1.54, 1.807) is 0 Å². The van der Waals surface area contributed by atoms with E-state index in [0.29, 0.717) is 5.92 Å². The van der Waals surface area contributed by atoms with E-state index in [2.05, 4.69) is 44.7 Å². The lowest BCUT2D eigenvalue weighted by molar-refractivity contribution is 0.606. The van der Waals surface area contributed by atoms with Gasteiger partial charge in [-0.25, -0.2) is 0 Å². The lowest BCUT2D eigenvalue weighted by Crippen LogP contribution is -2.07. The van der Waals surface area contributed by atoms with E-state index >= 15 is 0 Å². The molecule has 0 aliphatic heterocycles. The summed E-state index contributed by atoms with van der Waals surface area (Å²) in [7, 11) is 0. The summed E-state index contributed by atoms with van der Waals surface area (Å²) in [4.78, 5) is 0. The smallest absolute Gasteiger partial charge is 0.0125 e. The highest BCUT2D eigenvalue weighted by Gasteiger charge is 2.12. The quantitative estimate of drug-likeness (QED) is 0.484. The van der Waals surface area contributed by atoms with Gasteiger partial charge in [0.25, 0.3) is 0 Å². The summed E-state index contributed by atoms with van der Waals surface area (Å²) in [6.45, 7) is 8.12. The van der Waals surface area contributed by atoms with Crippen LogP contribution in [0, 0.1) is 11.3 Å². The number of hydrogen-bond donors (Lipinski definition) is 0. The Morgan fingerprint density at radius 2 is 1.80 bits per heavy atom. The largest absolute Gasteiger partial charge is 0.102 e. The van der Waals surface area contributed by atoms with Crippen molar-refractivity contribution in [3.63, 3.8) is 0 Å². The lowest BCUT2D eigenvalue weighted by Gasteiger charge is -2.20. The summed E-state index contributed by atoms with van der Waals surface area (Å²) in [5.41, 5.74) is 0.250. The molecule has 54 valence electrons. The molecular weight excluding hydrogens is 120 g/mol. The van der Waals surface area contributed by atoms with E-state index in [1.165, 1.54) is 0 Å². The Labute approximate surface area is 62.9 Å². The van der Waals surface area contributed by atoms with Crippen molar-refractivity contribution in [2.24, 2.45) is 11.3 Å². The predicted octanol–water partition coefficient (Wildman–Crippen LogP) is 2.94. The SMILES string of the molecule is C=CC1C=CC(C)(C)C=C1. The van der Waals surface area contributed by atoms with Gasteiger partial charge in [-0.3, -0.25) is 0 Å². The van der Waals surface area contributed by atoms with E-state index < -0.39 is 0 Å². The molecule has 1 aliphatic carbocycles. The Hall–Kier alpha value is -0.780. The van der Waals surface area contributed by atoms with Gasteiger partial charge in [0.1, 0.15) is 0 Å². The molecule has 0 bridgehead atoms. The predicted molar refractivity (Wildman–Crippen MR) is 45.7 cm³/mol. The molecule has 0 radical (unpaired) electrons. The summed E-state index contributed by atoms with van der Waals surface area (Å²) in [6.07, 6.45) is 10.8. The molecule has 0 aromatic heterocycles. The summed E-state index contributed by atoms with van der Waals surface area (Å²) in [5, 5.41) is 0. The van der Waals surface area contributed by atoms with Crippen LogP contribution in [0.5, 0.6) is 0 Å². The minimum atomic E-state index is 0.250. The molecule has 0 amide bonds. The van der Waals surface area contributed by atoms with Gasteiger partial charge >= 0.3 is 0 Å². The van der Waals surface area contributed by atoms with E-state index in [-0.39, 0.29) is 5.41 Å². The first-order valence-electron chi connectivity index (χ1n) is 3.65. The van der Waals surface area contributed by atoms with Gasteiger partial charge in [-0.05, 0) is 0 Å². The number of allylic oxidation sites excluding steroid dienone is 5. The van der Waals surface area contributed by atoms with Crippen molar-refractivity contribution in [1.29, 1.82) is 0 Å². The van der Waals surface area contributed by atoms with Gasteiger partial charge in [0, 0.05) is 11.3 Å². The fraction of sp³-hybridized carbons (Fsp3) is 0.400. The molecule has 0 N–H and O–H groups in total. The third-order valence-electron chi connectivity index (χ3n) is 1.77. The first kappa shape index (κ1) is 7.33. The first-order chi connectivity index (χ1) is 4.64. The number of hydrogen-bond acceptors (Lipinski definition) is 0. The molecule has 0 atom stereocenters. The molecule has 0 nitrogen and oxygen atoms in total. The van der Waals surface area contributed by atoms with Crippen LogP contribution in [0.1, 0.15) is 13.8 Å². The summed E-state index contributed by atoms with van der Waals surface area (Å²) >= 11 is 0. The van der Waals surface area contributed by atoms with Gasteiger partial charge < -0.3 is 0 Å². The van der Waals surface area contributed by atoms with Crippen LogP contribution in [0.2, 0.25) is 0 Å². The van der Waals surface area contributed by atoms with E-state index in [4.69, 9.17) is 0 Å².